The van der Waals surface area contributed by atoms with Crippen LogP contribution >= 0.6 is 24.2 Å². The van der Waals surface area contributed by atoms with Gasteiger partial charge in [-0.3, -0.25) is 4.79 Å². The Morgan fingerprint density at radius 2 is 2.25 bits per heavy atom. The minimum absolute atomic E-state index is 0. The van der Waals surface area contributed by atoms with Crippen LogP contribution in [0.15, 0.2) is 21.6 Å². The topological polar surface area (TPSA) is 59.5 Å². The van der Waals surface area contributed by atoms with Crippen LogP contribution in [-0.2, 0) is 0 Å². The van der Waals surface area contributed by atoms with Gasteiger partial charge in [-0.15, -0.1) is 12.4 Å². The molecule has 0 aliphatic carbocycles. The first-order valence-corrected chi connectivity index (χ1v) is 5.93. The van der Waals surface area contributed by atoms with Gasteiger partial charge in [0.1, 0.15) is 0 Å². The highest BCUT2D eigenvalue weighted by molar-refractivity contribution is 7.98. The van der Waals surface area contributed by atoms with Crippen molar-refractivity contribution in [3.05, 3.63) is 17.9 Å². The van der Waals surface area contributed by atoms with Gasteiger partial charge >= 0.3 is 0 Å². The summed E-state index contributed by atoms with van der Waals surface area (Å²) in [5.74, 6) is 0.232. The number of amides is 1. The second kappa shape index (κ2) is 6.83. The molecule has 0 bridgehead atoms. The molecule has 0 aromatic carbocycles. The minimum atomic E-state index is -0.131. The molecular weight excluding hydrogens is 248 g/mol. The number of halogens is 1. The highest BCUT2D eigenvalue weighted by atomic mass is 35.5. The number of carbonyl (C=O) groups excluding carboxylic acids is 1. The SMILES string of the molecule is CSc1ccc(C(=O)N(C)C(C)CN)o1.Cl. The molecule has 1 amide bonds. The summed E-state index contributed by atoms with van der Waals surface area (Å²) in [7, 11) is 1.72. The lowest BCUT2D eigenvalue weighted by atomic mass is 10.3. The number of carbonyl (C=O) groups is 1. The molecular formula is C10H17ClN2O2S. The van der Waals surface area contributed by atoms with E-state index in [-0.39, 0.29) is 24.4 Å². The molecule has 4 nitrogen and oxygen atoms in total. The van der Waals surface area contributed by atoms with Crippen LogP contribution in [0.4, 0.5) is 0 Å². The maximum atomic E-state index is 11.8. The Balaban J connectivity index is 0.00000225. The van der Waals surface area contributed by atoms with E-state index in [9.17, 15) is 4.79 Å². The van der Waals surface area contributed by atoms with Crippen LogP contribution in [-0.4, -0.2) is 36.7 Å². The zero-order valence-corrected chi connectivity index (χ0v) is 11.2. The molecule has 0 aliphatic heterocycles. The van der Waals surface area contributed by atoms with E-state index < -0.39 is 0 Å². The normalized spacial score (nSPS) is 11.8. The Morgan fingerprint density at radius 3 is 2.69 bits per heavy atom. The third kappa shape index (κ3) is 3.43. The van der Waals surface area contributed by atoms with Crippen molar-refractivity contribution in [2.24, 2.45) is 5.73 Å². The summed E-state index contributed by atoms with van der Waals surface area (Å²) < 4.78 is 5.34. The summed E-state index contributed by atoms with van der Waals surface area (Å²) >= 11 is 1.47. The molecule has 92 valence electrons. The largest absolute Gasteiger partial charge is 0.445 e. The van der Waals surface area contributed by atoms with E-state index >= 15 is 0 Å². The number of hydrogen-bond acceptors (Lipinski definition) is 4. The fraction of sp³-hybridized carbons (Fsp3) is 0.500. The Hall–Kier alpha value is -0.650. The smallest absolute Gasteiger partial charge is 0.289 e. The Morgan fingerprint density at radius 1 is 1.62 bits per heavy atom. The summed E-state index contributed by atoms with van der Waals surface area (Å²) in [5, 5.41) is 0.743. The first kappa shape index (κ1) is 15.3. The van der Waals surface area contributed by atoms with Crippen LogP contribution in [0.2, 0.25) is 0 Å². The van der Waals surface area contributed by atoms with Crippen LogP contribution in [0.25, 0.3) is 0 Å². The standard InChI is InChI=1S/C10H16N2O2S.ClH/c1-7(6-11)12(2)10(13)8-4-5-9(14-8)15-3;/h4-5,7H,6,11H2,1-3H3;1H. The van der Waals surface area contributed by atoms with E-state index in [0.29, 0.717) is 12.3 Å². The molecule has 0 radical (unpaired) electrons. The number of nitrogens with two attached hydrogens (primary N) is 1. The van der Waals surface area contributed by atoms with Gasteiger partial charge in [-0.25, -0.2) is 0 Å². The molecule has 0 spiro atoms. The van der Waals surface area contributed by atoms with Crippen LogP contribution in [0.5, 0.6) is 0 Å². The second-order valence-corrected chi connectivity index (χ2v) is 4.13. The van der Waals surface area contributed by atoms with Gasteiger partial charge in [-0.2, -0.15) is 0 Å². The van der Waals surface area contributed by atoms with E-state index in [4.69, 9.17) is 10.2 Å². The van der Waals surface area contributed by atoms with Crippen LogP contribution < -0.4 is 5.73 Å². The monoisotopic (exact) mass is 264 g/mol. The van der Waals surface area contributed by atoms with E-state index in [2.05, 4.69) is 0 Å². The van der Waals surface area contributed by atoms with Gasteiger partial charge < -0.3 is 15.1 Å². The second-order valence-electron chi connectivity index (χ2n) is 3.32. The summed E-state index contributed by atoms with van der Waals surface area (Å²) in [6.07, 6.45) is 1.90. The lowest BCUT2D eigenvalue weighted by Gasteiger charge is -2.22. The predicted octanol–water partition coefficient (Wildman–Crippen LogP) is 1.84. The molecule has 16 heavy (non-hydrogen) atoms. The molecule has 0 fully saturated rings. The molecule has 2 N–H and O–H groups in total. The Labute approximate surface area is 106 Å². The van der Waals surface area contributed by atoms with Crippen molar-refractivity contribution in [1.29, 1.82) is 0 Å². The van der Waals surface area contributed by atoms with Gasteiger partial charge in [0.25, 0.3) is 5.91 Å². The maximum absolute atomic E-state index is 11.8. The highest BCUT2D eigenvalue weighted by Gasteiger charge is 2.19. The van der Waals surface area contributed by atoms with Crippen LogP contribution in [0.3, 0.4) is 0 Å². The zero-order valence-electron chi connectivity index (χ0n) is 9.60. The average molecular weight is 265 g/mol. The Kier molecular flexibility index (Phi) is 6.55. The minimum Gasteiger partial charge on any atom is -0.445 e. The van der Waals surface area contributed by atoms with E-state index in [1.54, 1.807) is 24.1 Å². The lowest BCUT2D eigenvalue weighted by Crippen LogP contribution is -2.39. The van der Waals surface area contributed by atoms with Crippen LogP contribution in [0.1, 0.15) is 17.5 Å². The molecule has 1 aromatic heterocycles. The van der Waals surface area contributed by atoms with Crippen molar-refractivity contribution >= 4 is 30.1 Å². The van der Waals surface area contributed by atoms with Gasteiger partial charge in [0, 0.05) is 19.6 Å². The van der Waals surface area contributed by atoms with E-state index in [1.165, 1.54) is 11.8 Å². The third-order valence-corrected chi connectivity index (χ3v) is 2.94. The van der Waals surface area contributed by atoms with Crippen LogP contribution in [0, 0.1) is 0 Å². The van der Waals surface area contributed by atoms with Gasteiger partial charge in [-0.05, 0) is 25.3 Å². The number of hydrogen-bond donors (Lipinski definition) is 1. The quantitative estimate of drug-likeness (QED) is 0.843. The van der Waals surface area contributed by atoms with Crippen molar-refractivity contribution in [1.82, 2.24) is 4.90 Å². The molecule has 1 rings (SSSR count). The van der Waals surface area contributed by atoms with Gasteiger partial charge in [0.2, 0.25) is 0 Å². The molecule has 6 heteroatoms. The zero-order chi connectivity index (χ0) is 11.4. The summed E-state index contributed by atoms with van der Waals surface area (Å²) in [6.45, 7) is 2.34. The number of likely N-dealkylation sites (N-methyl/N-ethyl adjacent to an activating group) is 1. The molecule has 0 saturated carbocycles. The van der Waals surface area contributed by atoms with Crippen molar-refractivity contribution in [2.45, 2.75) is 18.1 Å². The maximum Gasteiger partial charge on any atom is 0.289 e. The van der Waals surface area contributed by atoms with Crippen molar-refractivity contribution in [2.75, 3.05) is 19.8 Å². The van der Waals surface area contributed by atoms with Crippen molar-refractivity contribution in [3.8, 4) is 0 Å². The van der Waals surface area contributed by atoms with Gasteiger partial charge in [0.15, 0.2) is 10.9 Å². The number of thioether (sulfide) groups is 1. The molecule has 1 aromatic rings. The Bertz CT molecular complexity index is 343. The number of nitrogens with zero attached hydrogens (tertiary/aromatic N) is 1. The molecule has 1 heterocycles. The summed E-state index contributed by atoms with van der Waals surface area (Å²) in [6, 6.07) is 3.49. The average Bonchev–Trinajstić information content (AvgIpc) is 2.74. The van der Waals surface area contributed by atoms with Crippen molar-refractivity contribution in [3.63, 3.8) is 0 Å². The lowest BCUT2D eigenvalue weighted by molar-refractivity contribution is 0.0711. The molecule has 0 aliphatic rings. The highest BCUT2D eigenvalue weighted by Crippen LogP contribution is 2.19. The molecule has 0 saturated heterocycles. The summed E-state index contributed by atoms with van der Waals surface area (Å²) in [5.41, 5.74) is 5.49. The molecule has 1 atom stereocenters. The van der Waals surface area contributed by atoms with Crippen molar-refractivity contribution < 1.29 is 9.21 Å². The molecule has 1 unspecified atom stereocenters. The third-order valence-electron chi connectivity index (χ3n) is 2.32. The van der Waals surface area contributed by atoms with E-state index in [1.807, 2.05) is 13.2 Å². The fourth-order valence-corrected chi connectivity index (χ4v) is 1.45. The number of furan rings is 1. The predicted molar refractivity (Wildman–Crippen MR) is 68.3 cm³/mol. The van der Waals surface area contributed by atoms with Gasteiger partial charge in [0.05, 0.1) is 0 Å². The van der Waals surface area contributed by atoms with Gasteiger partial charge in [-0.1, -0.05) is 11.8 Å². The summed E-state index contributed by atoms with van der Waals surface area (Å²) in [4.78, 5) is 13.4. The first-order valence-electron chi connectivity index (χ1n) is 4.71. The fourth-order valence-electron chi connectivity index (χ4n) is 1.08. The number of rotatable bonds is 4. The first-order chi connectivity index (χ1) is 7.10. The van der Waals surface area contributed by atoms with E-state index in [0.717, 1.165) is 5.09 Å².